The normalized spacial score (nSPS) is 17.5. The van der Waals surface area contributed by atoms with Crippen molar-refractivity contribution in [2.24, 2.45) is 5.73 Å². The molecule has 0 fully saturated rings. The Morgan fingerprint density at radius 1 is 0.527 bits per heavy atom. The highest BCUT2D eigenvalue weighted by Crippen LogP contribution is 2.19. The highest BCUT2D eigenvalue weighted by atomic mass is 16.2. The zero-order chi connectivity index (χ0) is 40.1. The summed E-state index contributed by atoms with van der Waals surface area (Å²) in [5, 5.41) is 5.49. The largest absolute Gasteiger partial charge is 0.356 e. The molecule has 2 unspecified atom stereocenters. The highest BCUT2D eigenvalue weighted by molar-refractivity contribution is 6.15. The van der Waals surface area contributed by atoms with E-state index in [9.17, 15) is 52.7 Å². The van der Waals surface area contributed by atoms with E-state index < -0.39 is 71.2 Å². The van der Waals surface area contributed by atoms with Crippen molar-refractivity contribution in [3.8, 4) is 0 Å². The Hall–Kier alpha value is -6.11. The molecule has 19 heteroatoms. The van der Waals surface area contributed by atoms with Gasteiger partial charge in [-0.25, -0.2) is 0 Å². The summed E-state index contributed by atoms with van der Waals surface area (Å²) in [5.74, 6) is -5.71. The topological polar surface area (TPSA) is 254 Å². The fourth-order valence-electron chi connectivity index (χ4n) is 6.33. The third-order valence-electron chi connectivity index (χ3n) is 9.22. The van der Waals surface area contributed by atoms with E-state index in [0.717, 1.165) is 68.2 Å². The van der Waals surface area contributed by atoms with Crippen LogP contribution in [0.1, 0.15) is 51.4 Å². The average molecular weight is 765 g/mol. The minimum absolute atomic E-state index is 0.000878. The number of carbonyl (C=O) groups excluding carboxylic acids is 11. The molecule has 0 spiro atoms. The average Bonchev–Trinajstić information content (AvgIpc) is 3.88. The molecule has 0 aliphatic carbocycles. The van der Waals surface area contributed by atoms with E-state index >= 15 is 0 Å². The van der Waals surface area contributed by atoms with Crippen molar-refractivity contribution in [3.05, 3.63) is 48.6 Å². The quantitative estimate of drug-likeness (QED) is 0.0725. The van der Waals surface area contributed by atoms with E-state index in [4.69, 9.17) is 5.73 Å². The maximum Gasteiger partial charge on any atom is 0.253 e. The number of amides is 11. The molecule has 4 aliphatic rings. The smallest absolute Gasteiger partial charge is 0.253 e. The van der Waals surface area contributed by atoms with Gasteiger partial charge in [-0.1, -0.05) is 0 Å². The van der Waals surface area contributed by atoms with E-state index in [1.54, 1.807) is 4.90 Å². The summed E-state index contributed by atoms with van der Waals surface area (Å²) in [6.07, 6.45) is 9.89. The summed E-state index contributed by atoms with van der Waals surface area (Å²) in [6.45, 7) is 0.766. The number of hydrogen-bond donors (Lipinski definition) is 3. The van der Waals surface area contributed by atoms with E-state index in [-0.39, 0.29) is 77.3 Å². The molecule has 0 aromatic carbocycles. The first-order valence-electron chi connectivity index (χ1n) is 18.0. The van der Waals surface area contributed by atoms with Crippen molar-refractivity contribution in [2.45, 2.75) is 63.5 Å². The van der Waals surface area contributed by atoms with Crippen LogP contribution in [-0.2, 0) is 52.7 Å². The lowest BCUT2D eigenvalue weighted by molar-refractivity contribution is -0.145. The Kier molecular flexibility index (Phi) is 15.0. The van der Waals surface area contributed by atoms with Crippen molar-refractivity contribution in [1.29, 1.82) is 0 Å². The summed E-state index contributed by atoms with van der Waals surface area (Å²) in [6, 6.07) is -1.82. The number of carbonyl (C=O) groups is 11. The summed E-state index contributed by atoms with van der Waals surface area (Å²) >= 11 is 0. The molecular weight excluding hydrogens is 720 g/mol. The molecule has 19 nitrogen and oxygen atoms in total. The van der Waals surface area contributed by atoms with E-state index in [0.29, 0.717) is 25.8 Å². The first-order chi connectivity index (χ1) is 26.3. The standard InChI is InChI=1S/C36H44N8O11/c37-17-1-4-28(47)40(20-2-18-38-26(45)7-5-24(43-33(52)13-14-34(43)53)22-41-29(48)9-10-30(41)49)21-3-19-39-27(46)8-6-25(44-35(54)15-16-36(44)55)23-42-31(50)11-12-32(42)51/h9-16,24-25H,1-8,17-23,37H2,(H,38,45)(H,39,46). The maximum atomic E-state index is 12.9. The molecule has 0 aromatic heterocycles. The predicted molar refractivity (Wildman–Crippen MR) is 190 cm³/mol. The number of rotatable bonds is 23. The minimum Gasteiger partial charge on any atom is -0.356 e. The first-order valence-corrected chi connectivity index (χ1v) is 18.0. The zero-order valence-electron chi connectivity index (χ0n) is 30.2. The van der Waals surface area contributed by atoms with Crippen LogP contribution in [0, 0.1) is 0 Å². The van der Waals surface area contributed by atoms with Gasteiger partial charge in [-0.2, -0.15) is 0 Å². The Morgan fingerprint density at radius 2 is 0.873 bits per heavy atom. The van der Waals surface area contributed by atoms with Gasteiger partial charge in [-0.15, -0.1) is 0 Å². The minimum atomic E-state index is -0.911. The van der Waals surface area contributed by atoms with Crippen LogP contribution in [0.25, 0.3) is 0 Å². The van der Waals surface area contributed by atoms with E-state index in [1.807, 2.05) is 0 Å². The molecular formula is C36H44N8O11. The fraction of sp³-hybridized carbons (Fsp3) is 0.472. The van der Waals surface area contributed by atoms with Gasteiger partial charge in [0.2, 0.25) is 17.7 Å². The summed E-state index contributed by atoms with van der Waals surface area (Å²) in [7, 11) is 0. The van der Waals surface area contributed by atoms with Gasteiger partial charge < -0.3 is 21.3 Å². The Bertz CT molecular complexity index is 1550. The van der Waals surface area contributed by atoms with Crippen molar-refractivity contribution in [3.63, 3.8) is 0 Å². The van der Waals surface area contributed by atoms with Crippen LogP contribution in [-0.4, -0.2) is 147 Å². The number of nitrogens with one attached hydrogen (secondary N) is 2. The van der Waals surface area contributed by atoms with Gasteiger partial charge in [0, 0.05) is 94.0 Å². The Labute approximate surface area is 316 Å². The zero-order valence-corrected chi connectivity index (χ0v) is 30.2. The molecule has 11 amide bonds. The second-order valence-corrected chi connectivity index (χ2v) is 13.1. The molecule has 0 radical (unpaired) electrons. The third kappa shape index (κ3) is 11.4. The Balaban J connectivity index is 1.20. The molecule has 2 atom stereocenters. The summed E-state index contributed by atoms with van der Waals surface area (Å²) in [5.41, 5.74) is 5.58. The van der Waals surface area contributed by atoms with Gasteiger partial charge in [-0.3, -0.25) is 72.3 Å². The molecule has 55 heavy (non-hydrogen) atoms. The lowest BCUT2D eigenvalue weighted by Crippen LogP contribution is -2.49. The molecule has 4 N–H and O–H groups in total. The second kappa shape index (κ2) is 19.8. The number of nitrogens with two attached hydrogens (primary N) is 1. The van der Waals surface area contributed by atoms with Gasteiger partial charge in [0.1, 0.15) is 0 Å². The van der Waals surface area contributed by atoms with Gasteiger partial charge in [0.15, 0.2) is 0 Å². The SMILES string of the molecule is NCCCC(=O)N(CCCNC(=O)CCC(CN1C(=O)C=CC1=O)N1C(=O)C=CC1=O)CCCNC(=O)CCC(CN1C(=O)C=CC1=O)N1C(=O)C=CC1=O. The van der Waals surface area contributed by atoms with E-state index in [1.165, 1.54) is 0 Å². The van der Waals surface area contributed by atoms with Crippen LogP contribution in [0.2, 0.25) is 0 Å². The molecule has 0 saturated carbocycles. The lowest BCUT2D eigenvalue weighted by Gasteiger charge is -2.29. The first kappa shape index (κ1) is 41.6. The third-order valence-corrected chi connectivity index (χ3v) is 9.22. The second-order valence-electron chi connectivity index (χ2n) is 13.1. The molecule has 4 rings (SSSR count). The maximum absolute atomic E-state index is 12.9. The van der Waals surface area contributed by atoms with Crippen LogP contribution in [0.3, 0.4) is 0 Å². The van der Waals surface area contributed by atoms with Gasteiger partial charge in [0.25, 0.3) is 47.3 Å². The molecule has 0 aromatic rings. The number of hydrogen-bond acceptors (Lipinski definition) is 12. The van der Waals surface area contributed by atoms with Crippen LogP contribution in [0.4, 0.5) is 0 Å². The van der Waals surface area contributed by atoms with Crippen molar-refractivity contribution in [1.82, 2.24) is 35.1 Å². The monoisotopic (exact) mass is 764 g/mol. The Morgan fingerprint density at radius 3 is 1.22 bits per heavy atom. The van der Waals surface area contributed by atoms with Gasteiger partial charge >= 0.3 is 0 Å². The summed E-state index contributed by atoms with van der Waals surface area (Å²) in [4.78, 5) is 141. The van der Waals surface area contributed by atoms with Gasteiger partial charge in [-0.05, 0) is 38.6 Å². The molecule has 0 bridgehead atoms. The fourth-order valence-corrected chi connectivity index (χ4v) is 6.33. The molecule has 4 heterocycles. The molecule has 0 saturated heterocycles. The molecule has 4 aliphatic heterocycles. The summed E-state index contributed by atoms with van der Waals surface area (Å²) < 4.78 is 0. The van der Waals surface area contributed by atoms with Crippen LogP contribution in [0.15, 0.2) is 48.6 Å². The van der Waals surface area contributed by atoms with E-state index in [2.05, 4.69) is 10.6 Å². The lowest BCUT2D eigenvalue weighted by atomic mass is 10.1. The van der Waals surface area contributed by atoms with Crippen molar-refractivity contribution in [2.75, 3.05) is 45.8 Å². The van der Waals surface area contributed by atoms with Crippen LogP contribution >= 0.6 is 0 Å². The number of nitrogens with zero attached hydrogens (tertiary/aromatic N) is 5. The van der Waals surface area contributed by atoms with Crippen LogP contribution < -0.4 is 16.4 Å². The van der Waals surface area contributed by atoms with Gasteiger partial charge in [0.05, 0.1) is 25.2 Å². The van der Waals surface area contributed by atoms with Crippen molar-refractivity contribution < 1.29 is 52.7 Å². The highest BCUT2D eigenvalue weighted by Gasteiger charge is 2.37. The van der Waals surface area contributed by atoms with Crippen LogP contribution in [0.5, 0.6) is 0 Å². The predicted octanol–water partition coefficient (Wildman–Crippen LogP) is -2.44. The molecule has 294 valence electrons. The number of imide groups is 4. The van der Waals surface area contributed by atoms with Crippen molar-refractivity contribution >= 4 is 65.0 Å².